The molecule has 2 amide bonds. The SMILES string of the molecule is Cc1ccc(NC(=O)c2ccccc2NC(=S)NC(=O)c2ccc(OCCc3ccccc3)cc2)cc1C. The van der Waals surface area contributed by atoms with Crippen LogP contribution in [0.1, 0.15) is 37.4 Å². The Bertz CT molecular complexity index is 1440. The largest absolute Gasteiger partial charge is 0.493 e. The minimum atomic E-state index is -0.365. The second-order valence-corrected chi connectivity index (χ2v) is 9.22. The van der Waals surface area contributed by atoms with Gasteiger partial charge in [0, 0.05) is 17.7 Å². The standard InChI is InChI=1S/C31H29N3O3S/c1-21-12-15-25(20-22(21)2)32-30(36)27-10-6-7-11-28(27)33-31(38)34-29(35)24-13-16-26(17-14-24)37-19-18-23-8-4-3-5-9-23/h3-17,20H,18-19H2,1-2H3,(H,32,36)(H2,33,34,35,38). The van der Waals surface area contributed by atoms with Crippen LogP contribution in [-0.2, 0) is 6.42 Å². The monoisotopic (exact) mass is 523 g/mol. The van der Waals surface area contributed by atoms with E-state index in [0.29, 0.717) is 34.9 Å². The molecule has 0 aromatic heterocycles. The van der Waals surface area contributed by atoms with Crippen LogP contribution in [0.4, 0.5) is 11.4 Å². The zero-order valence-corrected chi connectivity index (χ0v) is 22.1. The smallest absolute Gasteiger partial charge is 0.257 e. The van der Waals surface area contributed by atoms with Crippen LogP contribution in [-0.4, -0.2) is 23.5 Å². The highest BCUT2D eigenvalue weighted by molar-refractivity contribution is 7.80. The van der Waals surface area contributed by atoms with Gasteiger partial charge >= 0.3 is 0 Å². The lowest BCUT2D eigenvalue weighted by atomic mass is 10.1. The molecule has 0 atom stereocenters. The Hall–Kier alpha value is -4.49. The Morgan fingerprint density at radius 2 is 1.47 bits per heavy atom. The van der Waals surface area contributed by atoms with E-state index in [9.17, 15) is 9.59 Å². The van der Waals surface area contributed by atoms with E-state index in [1.807, 2.05) is 50.2 Å². The summed E-state index contributed by atoms with van der Waals surface area (Å²) in [6.07, 6.45) is 0.799. The number of anilines is 2. The molecular weight excluding hydrogens is 494 g/mol. The molecule has 0 aliphatic carbocycles. The normalized spacial score (nSPS) is 10.4. The summed E-state index contributed by atoms with van der Waals surface area (Å²) in [6.45, 7) is 4.55. The summed E-state index contributed by atoms with van der Waals surface area (Å²) in [5.74, 6) is 0.0330. The Morgan fingerprint density at radius 1 is 0.763 bits per heavy atom. The fourth-order valence-corrected chi connectivity index (χ4v) is 3.97. The summed E-state index contributed by atoms with van der Waals surface area (Å²) in [6, 6.07) is 29.7. The zero-order valence-electron chi connectivity index (χ0n) is 21.3. The van der Waals surface area contributed by atoms with Crippen molar-refractivity contribution in [1.82, 2.24) is 5.32 Å². The third kappa shape index (κ3) is 7.27. The van der Waals surface area contributed by atoms with E-state index in [4.69, 9.17) is 17.0 Å². The maximum atomic E-state index is 13.0. The highest BCUT2D eigenvalue weighted by Crippen LogP contribution is 2.20. The van der Waals surface area contributed by atoms with Crippen molar-refractivity contribution in [1.29, 1.82) is 0 Å². The van der Waals surface area contributed by atoms with Gasteiger partial charge in [0.1, 0.15) is 5.75 Å². The number of hydrogen-bond acceptors (Lipinski definition) is 4. The molecule has 4 aromatic rings. The van der Waals surface area contributed by atoms with E-state index in [1.165, 1.54) is 5.56 Å². The molecule has 192 valence electrons. The molecule has 4 aromatic carbocycles. The van der Waals surface area contributed by atoms with Crippen molar-refractivity contribution in [3.63, 3.8) is 0 Å². The van der Waals surface area contributed by atoms with Crippen LogP contribution in [0.2, 0.25) is 0 Å². The van der Waals surface area contributed by atoms with Gasteiger partial charge in [-0.15, -0.1) is 0 Å². The van der Waals surface area contributed by atoms with Gasteiger partial charge < -0.3 is 15.4 Å². The highest BCUT2D eigenvalue weighted by Gasteiger charge is 2.14. The zero-order chi connectivity index (χ0) is 26.9. The van der Waals surface area contributed by atoms with E-state index in [1.54, 1.807) is 48.5 Å². The summed E-state index contributed by atoms with van der Waals surface area (Å²) in [7, 11) is 0. The van der Waals surface area contributed by atoms with Gasteiger partial charge in [0.25, 0.3) is 11.8 Å². The number of benzene rings is 4. The predicted molar refractivity (Wildman–Crippen MR) is 156 cm³/mol. The third-order valence-electron chi connectivity index (χ3n) is 6.03. The molecule has 38 heavy (non-hydrogen) atoms. The number of thiocarbonyl (C=S) groups is 1. The van der Waals surface area contributed by atoms with Crippen molar-refractivity contribution >= 4 is 40.5 Å². The molecular formula is C31H29N3O3S. The predicted octanol–water partition coefficient (Wildman–Crippen LogP) is 6.30. The van der Waals surface area contributed by atoms with Crippen molar-refractivity contribution in [3.05, 3.63) is 125 Å². The number of carbonyl (C=O) groups is 2. The number of amides is 2. The van der Waals surface area contributed by atoms with Gasteiger partial charge in [-0.25, -0.2) is 0 Å². The Morgan fingerprint density at radius 3 is 2.21 bits per heavy atom. The lowest BCUT2D eigenvalue weighted by Crippen LogP contribution is -2.34. The van der Waals surface area contributed by atoms with Gasteiger partial charge in [-0.05, 0) is 91.3 Å². The van der Waals surface area contributed by atoms with Gasteiger partial charge in [0.2, 0.25) is 0 Å². The van der Waals surface area contributed by atoms with Crippen LogP contribution in [0.15, 0.2) is 97.1 Å². The topological polar surface area (TPSA) is 79.5 Å². The number of ether oxygens (including phenoxy) is 1. The first-order chi connectivity index (χ1) is 18.4. The molecule has 0 saturated carbocycles. The number of aryl methyl sites for hydroxylation is 2. The van der Waals surface area contributed by atoms with Crippen molar-refractivity contribution in [2.45, 2.75) is 20.3 Å². The molecule has 3 N–H and O–H groups in total. The van der Waals surface area contributed by atoms with Gasteiger partial charge in [0.05, 0.1) is 17.9 Å². The Balaban J connectivity index is 1.32. The number of para-hydroxylation sites is 1. The maximum Gasteiger partial charge on any atom is 0.257 e. The van der Waals surface area contributed by atoms with Crippen molar-refractivity contribution in [3.8, 4) is 5.75 Å². The van der Waals surface area contributed by atoms with Crippen LogP contribution in [0, 0.1) is 13.8 Å². The van der Waals surface area contributed by atoms with E-state index >= 15 is 0 Å². The Kier molecular flexibility index (Phi) is 8.85. The van der Waals surface area contributed by atoms with E-state index < -0.39 is 0 Å². The van der Waals surface area contributed by atoms with Crippen molar-refractivity contribution in [2.75, 3.05) is 17.2 Å². The Labute approximate surface area is 228 Å². The number of nitrogens with one attached hydrogen (secondary N) is 3. The highest BCUT2D eigenvalue weighted by atomic mass is 32.1. The van der Waals surface area contributed by atoms with E-state index in [0.717, 1.165) is 17.5 Å². The van der Waals surface area contributed by atoms with Crippen LogP contribution < -0.4 is 20.7 Å². The minimum Gasteiger partial charge on any atom is -0.493 e. The molecule has 0 saturated heterocycles. The number of carbonyl (C=O) groups excluding carboxylic acids is 2. The molecule has 0 aliphatic rings. The lowest BCUT2D eigenvalue weighted by molar-refractivity contribution is 0.0976. The van der Waals surface area contributed by atoms with Crippen LogP contribution in [0.5, 0.6) is 5.75 Å². The first-order valence-corrected chi connectivity index (χ1v) is 12.7. The first-order valence-electron chi connectivity index (χ1n) is 12.3. The third-order valence-corrected chi connectivity index (χ3v) is 6.23. The number of rotatable bonds is 8. The molecule has 0 heterocycles. The van der Waals surface area contributed by atoms with Crippen LogP contribution in [0.3, 0.4) is 0 Å². The summed E-state index contributed by atoms with van der Waals surface area (Å²) in [5.41, 5.74) is 5.47. The van der Waals surface area contributed by atoms with Gasteiger partial charge in [-0.1, -0.05) is 48.5 Å². The second kappa shape index (κ2) is 12.7. The van der Waals surface area contributed by atoms with Gasteiger partial charge in [-0.3, -0.25) is 14.9 Å². The summed E-state index contributed by atoms with van der Waals surface area (Å²) in [4.78, 5) is 25.7. The van der Waals surface area contributed by atoms with E-state index in [-0.39, 0.29) is 16.9 Å². The van der Waals surface area contributed by atoms with Crippen molar-refractivity contribution in [2.24, 2.45) is 0 Å². The molecule has 0 unspecified atom stereocenters. The first kappa shape index (κ1) is 26.6. The number of hydrogen-bond donors (Lipinski definition) is 3. The molecule has 0 bridgehead atoms. The molecule has 0 spiro atoms. The fourth-order valence-electron chi connectivity index (χ4n) is 3.77. The molecule has 0 fully saturated rings. The molecule has 0 aliphatic heterocycles. The van der Waals surface area contributed by atoms with Gasteiger partial charge in [-0.2, -0.15) is 0 Å². The average Bonchev–Trinajstić information content (AvgIpc) is 2.92. The summed E-state index contributed by atoms with van der Waals surface area (Å²) in [5, 5.41) is 8.64. The second-order valence-electron chi connectivity index (χ2n) is 8.82. The molecule has 4 rings (SSSR count). The quantitative estimate of drug-likeness (QED) is 0.236. The fraction of sp³-hybridized carbons (Fsp3) is 0.129. The summed E-state index contributed by atoms with van der Waals surface area (Å²) >= 11 is 5.35. The molecule has 7 heteroatoms. The lowest BCUT2D eigenvalue weighted by Gasteiger charge is -2.14. The maximum absolute atomic E-state index is 13.0. The molecule has 6 nitrogen and oxygen atoms in total. The summed E-state index contributed by atoms with van der Waals surface area (Å²) < 4.78 is 5.79. The van der Waals surface area contributed by atoms with Crippen molar-refractivity contribution < 1.29 is 14.3 Å². The van der Waals surface area contributed by atoms with E-state index in [2.05, 4.69) is 28.1 Å². The van der Waals surface area contributed by atoms with Crippen LogP contribution >= 0.6 is 12.2 Å². The van der Waals surface area contributed by atoms with Gasteiger partial charge in [0.15, 0.2) is 5.11 Å². The molecule has 0 radical (unpaired) electrons. The minimum absolute atomic E-state index is 0.0876. The van der Waals surface area contributed by atoms with Crippen LogP contribution in [0.25, 0.3) is 0 Å². The average molecular weight is 524 g/mol.